The fourth-order valence-corrected chi connectivity index (χ4v) is 4.68. The van der Waals surface area contributed by atoms with Gasteiger partial charge in [-0.2, -0.15) is 4.31 Å². The van der Waals surface area contributed by atoms with Crippen molar-refractivity contribution in [2.24, 2.45) is 0 Å². The quantitative estimate of drug-likeness (QED) is 0.918. The monoisotopic (exact) mass is 332 g/mol. The van der Waals surface area contributed by atoms with E-state index in [9.17, 15) is 8.42 Å². The van der Waals surface area contributed by atoms with Gasteiger partial charge in [-0.3, -0.25) is 0 Å². The summed E-state index contributed by atoms with van der Waals surface area (Å²) in [6.07, 6.45) is 1.92. The van der Waals surface area contributed by atoms with Gasteiger partial charge < -0.3 is 5.32 Å². The SMILES string of the molecule is CNC1CCCN(S(=O)(=O)c2ccccc2Br)C1. The van der Waals surface area contributed by atoms with Crippen molar-refractivity contribution < 1.29 is 8.42 Å². The Kier molecular flexibility index (Phi) is 4.42. The molecule has 1 aromatic rings. The van der Waals surface area contributed by atoms with Crippen LogP contribution >= 0.6 is 15.9 Å². The molecule has 1 aliphatic heterocycles. The minimum Gasteiger partial charge on any atom is -0.316 e. The molecule has 1 unspecified atom stereocenters. The van der Waals surface area contributed by atoms with E-state index in [2.05, 4.69) is 21.2 Å². The van der Waals surface area contributed by atoms with E-state index in [4.69, 9.17) is 0 Å². The molecule has 4 nitrogen and oxygen atoms in total. The Morgan fingerprint density at radius 2 is 2.11 bits per heavy atom. The van der Waals surface area contributed by atoms with Gasteiger partial charge in [-0.25, -0.2) is 8.42 Å². The lowest BCUT2D eigenvalue weighted by Gasteiger charge is -2.31. The van der Waals surface area contributed by atoms with Crippen LogP contribution in [-0.4, -0.2) is 38.9 Å². The van der Waals surface area contributed by atoms with Gasteiger partial charge in [0.1, 0.15) is 0 Å². The molecule has 1 saturated heterocycles. The van der Waals surface area contributed by atoms with Crippen LogP contribution in [0.15, 0.2) is 33.6 Å². The van der Waals surface area contributed by atoms with Gasteiger partial charge in [0.05, 0.1) is 4.90 Å². The topological polar surface area (TPSA) is 49.4 Å². The Morgan fingerprint density at radius 1 is 1.39 bits per heavy atom. The molecule has 0 radical (unpaired) electrons. The Bertz CT molecular complexity index is 519. The lowest BCUT2D eigenvalue weighted by atomic mass is 10.1. The number of sulfonamides is 1. The van der Waals surface area contributed by atoms with Gasteiger partial charge in [0.25, 0.3) is 0 Å². The van der Waals surface area contributed by atoms with Crippen molar-refractivity contribution in [1.82, 2.24) is 9.62 Å². The van der Waals surface area contributed by atoms with Crippen LogP contribution in [0.4, 0.5) is 0 Å². The zero-order chi connectivity index (χ0) is 13.2. The standard InChI is InChI=1S/C12H17BrN2O2S/c1-14-10-5-4-8-15(9-10)18(16,17)12-7-3-2-6-11(12)13/h2-3,6-7,10,14H,4-5,8-9H2,1H3. The third kappa shape index (κ3) is 2.77. The van der Waals surface area contributed by atoms with E-state index in [1.165, 1.54) is 0 Å². The molecule has 1 fully saturated rings. The van der Waals surface area contributed by atoms with Gasteiger partial charge in [-0.1, -0.05) is 12.1 Å². The molecular weight excluding hydrogens is 316 g/mol. The summed E-state index contributed by atoms with van der Waals surface area (Å²) in [5, 5.41) is 3.15. The number of piperidine rings is 1. The summed E-state index contributed by atoms with van der Waals surface area (Å²) in [6.45, 7) is 1.14. The second-order valence-electron chi connectivity index (χ2n) is 4.42. The molecule has 0 amide bonds. The fourth-order valence-electron chi connectivity index (χ4n) is 2.19. The lowest BCUT2D eigenvalue weighted by Crippen LogP contribution is -2.46. The van der Waals surface area contributed by atoms with Crippen molar-refractivity contribution >= 4 is 26.0 Å². The molecule has 0 aromatic heterocycles. The largest absolute Gasteiger partial charge is 0.316 e. The molecule has 0 saturated carbocycles. The third-order valence-electron chi connectivity index (χ3n) is 3.25. The molecule has 1 atom stereocenters. The number of nitrogens with one attached hydrogen (secondary N) is 1. The minimum absolute atomic E-state index is 0.246. The smallest absolute Gasteiger partial charge is 0.244 e. The summed E-state index contributed by atoms with van der Waals surface area (Å²) >= 11 is 3.31. The van der Waals surface area contributed by atoms with E-state index in [0.717, 1.165) is 12.8 Å². The van der Waals surface area contributed by atoms with Crippen LogP contribution in [0.2, 0.25) is 0 Å². The van der Waals surface area contributed by atoms with Crippen molar-refractivity contribution in [2.75, 3.05) is 20.1 Å². The maximum absolute atomic E-state index is 12.5. The minimum atomic E-state index is -3.39. The van der Waals surface area contributed by atoms with Crippen LogP contribution in [0.1, 0.15) is 12.8 Å². The molecule has 18 heavy (non-hydrogen) atoms. The Balaban J connectivity index is 2.29. The molecule has 0 aliphatic carbocycles. The number of benzene rings is 1. The number of rotatable bonds is 3. The molecule has 0 bridgehead atoms. The number of hydrogen-bond acceptors (Lipinski definition) is 3. The molecule has 1 aliphatic rings. The van der Waals surface area contributed by atoms with E-state index in [-0.39, 0.29) is 6.04 Å². The van der Waals surface area contributed by atoms with Crippen molar-refractivity contribution in [2.45, 2.75) is 23.8 Å². The summed E-state index contributed by atoms with van der Waals surface area (Å²) in [4.78, 5) is 0.349. The van der Waals surface area contributed by atoms with Crippen LogP contribution in [0.25, 0.3) is 0 Å². The molecule has 0 spiro atoms. The van der Waals surface area contributed by atoms with E-state index in [1.807, 2.05) is 13.1 Å². The summed E-state index contributed by atoms with van der Waals surface area (Å²) in [6, 6.07) is 7.21. The lowest BCUT2D eigenvalue weighted by molar-refractivity contribution is 0.292. The first-order chi connectivity index (χ1) is 8.55. The normalized spacial score (nSPS) is 22.0. The maximum atomic E-state index is 12.5. The highest BCUT2D eigenvalue weighted by atomic mass is 79.9. The second kappa shape index (κ2) is 5.69. The van der Waals surface area contributed by atoms with Gasteiger partial charge in [0.15, 0.2) is 0 Å². The van der Waals surface area contributed by atoms with Gasteiger partial charge in [0.2, 0.25) is 10.0 Å². The Morgan fingerprint density at radius 3 is 2.78 bits per heavy atom. The second-order valence-corrected chi connectivity index (χ2v) is 7.18. The fraction of sp³-hybridized carbons (Fsp3) is 0.500. The number of halogens is 1. The Labute approximate surface area is 117 Å². The highest BCUT2D eigenvalue weighted by Crippen LogP contribution is 2.26. The first-order valence-corrected chi connectivity index (χ1v) is 8.21. The Hall–Kier alpha value is -0.430. The molecule has 1 heterocycles. The van der Waals surface area contributed by atoms with Gasteiger partial charge in [-0.05, 0) is 48.0 Å². The summed E-state index contributed by atoms with van der Waals surface area (Å²) in [5.74, 6) is 0. The molecular formula is C12H17BrN2O2S. The molecule has 2 rings (SSSR count). The van der Waals surface area contributed by atoms with Gasteiger partial charge in [0, 0.05) is 23.6 Å². The van der Waals surface area contributed by atoms with Gasteiger partial charge >= 0.3 is 0 Å². The van der Waals surface area contributed by atoms with Crippen LogP contribution in [0.5, 0.6) is 0 Å². The van der Waals surface area contributed by atoms with E-state index in [0.29, 0.717) is 22.5 Å². The first-order valence-electron chi connectivity index (χ1n) is 5.97. The highest BCUT2D eigenvalue weighted by Gasteiger charge is 2.30. The summed E-state index contributed by atoms with van der Waals surface area (Å²) < 4.78 is 27.3. The number of hydrogen-bond donors (Lipinski definition) is 1. The van der Waals surface area contributed by atoms with Crippen LogP contribution < -0.4 is 5.32 Å². The molecule has 6 heteroatoms. The molecule has 100 valence electrons. The average Bonchev–Trinajstić information content (AvgIpc) is 2.39. The summed E-state index contributed by atoms with van der Waals surface area (Å²) in [5.41, 5.74) is 0. The zero-order valence-electron chi connectivity index (χ0n) is 10.3. The van der Waals surface area contributed by atoms with Crippen LogP contribution in [0, 0.1) is 0 Å². The van der Waals surface area contributed by atoms with E-state index < -0.39 is 10.0 Å². The first kappa shape index (κ1) is 14.0. The van der Waals surface area contributed by atoms with Gasteiger partial charge in [-0.15, -0.1) is 0 Å². The highest BCUT2D eigenvalue weighted by molar-refractivity contribution is 9.10. The maximum Gasteiger partial charge on any atom is 0.244 e. The number of likely N-dealkylation sites (N-methyl/N-ethyl adjacent to an activating group) is 1. The van der Waals surface area contributed by atoms with E-state index in [1.54, 1.807) is 22.5 Å². The predicted octanol–water partition coefficient (Wildman–Crippen LogP) is 1.82. The molecule has 1 aromatic carbocycles. The number of nitrogens with zero attached hydrogens (tertiary/aromatic N) is 1. The summed E-state index contributed by atoms with van der Waals surface area (Å²) in [7, 11) is -1.52. The zero-order valence-corrected chi connectivity index (χ0v) is 12.7. The molecule has 1 N–H and O–H groups in total. The van der Waals surface area contributed by atoms with Crippen LogP contribution in [-0.2, 0) is 10.0 Å². The average molecular weight is 333 g/mol. The van der Waals surface area contributed by atoms with E-state index >= 15 is 0 Å². The van der Waals surface area contributed by atoms with Crippen molar-refractivity contribution in [1.29, 1.82) is 0 Å². The van der Waals surface area contributed by atoms with Crippen molar-refractivity contribution in [3.8, 4) is 0 Å². The van der Waals surface area contributed by atoms with Crippen molar-refractivity contribution in [3.05, 3.63) is 28.7 Å². The third-order valence-corrected chi connectivity index (χ3v) is 6.12. The van der Waals surface area contributed by atoms with Crippen molar-refractivity contribution in [3.63, 3.8) is 0 Å². The van der Waals surface area contributed by atoms with Crippen LogP contribution in [0.3, 0.4) is 0 Å². The predicted molar refractivity (Wildman–Crippen MR) is 75.0 cm³/mol.